The summed E-state index contributed by atoms with van der Waals surface area (Å²) in [5.74, 6) is -0.364. The van der Waals surface area contributed by atoms with Gasteiger partial charge in [-0.05, 0) is 33.0 Å². The highest BCUT2D eigenvalue weighted by Gasteiger charge is 2.37. The predicted molar refractivity (Wildman–Crippen MR) is 85.6 cm³/mol. The Labute approximate surface area is 138 Å². The molecule has 0 atom stereocenters. The van der Waals surface area contributed by atoms with Gasteiger partial charge in [0.2, 0.25) is 0 Å². The van der Waals surface area contributed by atoms with Crippen LogP contribution >= 0.6 is 11.6 Å². The van der Waals surface area contributed by atoms with E-state index in [4.69, 9.17) is 16.1 Å². The van der Waals surface area contributed by atoms with Crippen LogP contribution in [0.3, 0.4) is 0 Å². The molecule has 1 aromatic carbocycles. The first-order valence-corrected chi connectivity index (χ1v) is 7.53. The van der Waals surface area contributed by atoms with E-state index in [1.54, 1.807) is 18.2 Å². The number of carbonyl (C=O) groups excluding carboxylic acids is 2. The van der Waals surface area contributed by atoms with Crippen molar-refractivity contribution in [1.29, 1.82) is 0 Å². The quantitative estimate of drug-likeness (QED) is 0.804. The van der Waals surface area contributed by atoms with Gasteiger partial charge in [-0.15, -0.1) is 0 Å². The fourth-order valence-electron chi connectivity index (χ4n) is 2.73. The molecule has 23 heavy (non-hydrogen) atoms. The van der Waals surface area contributed by atoms with E-state index in [0.29, 0.717) is 17.3 Å². The van der Waals surface area contributed by atoms with Crippen molar-refractivity contribution in [3.8, 4) is 0 Å². The lowest BCUT2D eigenvalue weighted by atomic mass is 10.1. The van der Waals surface area contributed by atoms with Crippen LogP contribution in [0.1, 0.15) is 27.4 Å². The van der Waals surface area contributed by atoms with Gasteiger partial charge in [0.1, 0.15) is 5.76 Å². The van der Waals surface area contributed by atoms with Crippen molar-refractivity contribution in [3.05, 3.63) is 45.8 Å². The van der Waals surface area contributed by atoms with Gasteiger partial charge >= 0.3 is 5.91 Å². The molecular formula is C16H16ClN3O3. The fraction of sp³-hybridized carbons (Fsp3) is 0.312. The minimum Gasteiger partial charge on any atom is -0.361 e. The van der Waals surface area contributed by atoms with Crippen LogP contribution in [-0.2, 0) is 11.3 Å². The van der Waals surface area contributed by atoms with Crippen LogP contribution < -0.4 is 4.90 Å². The van der Waals surface area contributed by atoms with Crippen molar-refractivity contribution in [3.63, 3.8) is 0 Å². The summed E-state index contributed by atoms with van der Waals surface area (Å²) in [6.07, 6.45) is 0. The Morgan fingerprint density at radius 3 is 2.70 bits per heavy atom. The van der Waals surface area contributed by atoms with Gasteiger partial charge in [0.05, 0.1) is 28.6 Å². The lowest BCUT2D eigenvalue weighted by Gasteiger charge is -2.24. The van der Waals surface area contributed by atoms with E-state index < -0.39 is 11.7 Å². The number of fused-ring (bicyclic) bond motifs is 1. The monoisotopic (exact) mass is 333 g/mol. The van der Waals surface area contributed by atoms with Gasteiger partial charge in [-0.3, -0.25) is 19.4 Å². The fourth-order valence-corrected chi connectivity index (χ4v) is 2.99. The number of carbonyl (C=O) groups is 2. The van der Waals surface area contributed by atoms with Gasteiger partial charge in [0.15, 0.2) is 0 Å². The topological polar surface area (TPSA) is 66.7 Å². The summed E-state index contributed by atoms with van der Waals surface area (Å²) < 4.78 is 5.15. The lowest BCUT2D eigenvalue weighted by Crippen LogP contribution is -2.39. The second kappa shape index (κ2) is 5.79. The second-order valence-corrected chi connectivity index (χ2v) is 6.06. The van der Waals surface area contributed by atoms with Crippen molar-refractivity contribution in [2.24, 2.45) is 0 Å². The van der Waals surface area contributed by atoms with Gasteiger partial charge < -0.3 is 4.52 Å². The molecule has 7 heteroatoms. The van der Waals surface area contributed by atoms with Gasteiger partial charge in [0, 0.05) is 12.1 Å². The third-order valence-electron chi connectivity index (χ3n) is 3.94. The van der Waals surface area contributed by atoms with Crippen LogP contribution in [0.5, 0.6) is 0 Å². The SMILES string of the molecule is Cc1noc(C)c1CN(C)CN1C(=O)C(=O)c2c(Cl)cccc21. The molecule has 2 aromatic rings. The van der Waals surface area contributed by atoms with Crippen molar-refractivity contribution in [2.45, 2.75) is 20.4 Å². The lowest BCUT2D eigenvalue weighted by molar-refractivity contribution is -0.114. The van der Waals surface area contributed by atoms with Crippen LogP contribution in [0.15, 0.2) is 22.7 Å². The highest BCUT2D eigenvalue weighted by Crippen LogP contribution is 2.34. The van der Waals surface area contributed by atoms with Crippen molar-refractivity contribution >= 4 is 29.0 Å². The molecule has 1 aliphatic heterocycles. The highest BCUT2D eigenvalue weighted by molar-refractivity contribution is 6.55. The van der Waals surface area contributed by atoms with Crippen LogP contribution in [0.2, 0.25) is 5.02 Å². The van der Waals surface area contributed by atoms with E-state index in [9.17, 15) is 9.59 Å². The Hall–Kier alpha value is -2.18. The second-order valence-electron chi connectivity index (χ2n) is 5.65. The molecule has 0 bridgehead atoms. The van der Waals surface area contributed by atoms with Crippen LogP contribution in [-0.4, -0.2) is 35.5 Å². The summed E-state index contributed by atoms with van der Waals surface area (Å²) in [5, 5.41) is 4.22. The summed E-state index contributed by atoms with van der Waals surface area (Å²) in [4.78, 5) is 27.7. The molecule has 0 fully saturated rings. The number of ketones is 1. The van der Waals surface area contributed by atoms with E-state index in [1.165, 1.54) is 4.90 Å². The normalized spacial score (nSPS) is 14.0. The number of hydrogen-bond donors (Lipinski definition) is 0. The number of aromatic nitrogens is 1. The first kappa shape index (κ1) is 15.7. The molecule has 0 spiro atoms. The Bertz CT molecular complexity index is 780. The Kier molecular flexibility index (Phi) is 3.95. The zero-order chi connectivity index (χ0) is 16.7. The number of nitrogens with zero attached hydrogens (tertiary/aromatic N) is 3. The van der Waals surface area contributed by atoms with Crippen LogP contribution in [0.4, 0.5) is 5.69 Å². The summed E-state index contributed by atoms with van der Waals surface area (Å²) in [6.45, 7) is 4.57. The highest BCUT2D eigenvalue weighted by atomic mass is 35.5. The number of amides is 1. The molecule has 0 aliphatic carbocycles. The first-order valence-electron chi connectivity index (χ1n) is 7.15. The first-order chi connectivity index (χ1) is 10.9. The van der Waals surface area contributed by atoms with Gasteiger partial charge in [-0.1, -0.05) is 22.8 Å². The van der Waals surface area contributed by atoms with E-state index >= 15 is 0 Å². The predicted octanol–water partition coefficient (Wildman–Crippen LogP) is 2.56. The van der Waals surface area contributed by atoms with Gasteiger partial charge in [-0.25, -0.2) is 0 Å². The molecular weight excluding hydrogens is 318 g/mol. The zero-order valence-electron chi connectivity index (χ0n) is 13.1. The van der Waals surface area contributed by atoms with E-state index in [2.05, 4.69) is 5.16 Å². The molecule has 120 valence electrons. The smallest absolute Gasteiger partial charge is 0.300 e. The van der Waals surface area contributed by atoms with E-state index in [-0.39, 0.29) is 12.2 Å². The Morgan fingerprint density at radius 1 is 1.30 bits per heavy atom. The third-order valence-corrected chi connectivity index (χ3v) is 4.26. The maximum absolute atomic E-state index is 12.2. The summed E-state index contributed by atoms with van der Waals surface area (Å²) in [7, 11) is 1.87. The largest absolute Gasteiger partial charge is 0.361 e. The molecule has 1 aliphatic rings. The number of rotatable bonds is 4. The van der Waals surface area contributed by atoms with Gasteiger partial charge in [0.25, 0.3) is 5.78 Å². The number of benzene rings is 1. The zero-order valence-corrected chi connectivity index (χ0v) is 13.8. The number of halogens is 1. The average molecular weight is 334 g/mol. The molecule has 0 unspecified atom stereocenters. The van der Waals surface area contributed by atoms with E-state index in [0.717, 1.165) is 17.0 Å². The summed E-state index contributed by atoms with van der Waals surface area (Å²) >= 11 is 6.05. The molecule has 0 N–H and O–H groups in total. The molecule has 2 heterocycles. The molecule has 1 aromatic heterocycles. The Balaban J connectivity index is 1.82. The van der Waals surface area contributed by atoms with Crippen LogP contribution in [0.25, 0.3) is 0 Å². The molecule has 0 saturated heterocycles. The molecule has 6 nitrogen and oxygen atoms in total. The minimum absolute atomic E-state index is 0.280. The molecule has 0 radical (unpaired) electrons. The van der Waals surface area contributed by atoms with Gasteiger partial charge in [-0.2, -0.15) is 0 Å². The van der Waals surface area contributed by atoms with Crippen molar-refractivity contribution in [2.75, 3.05) is 18.6 Å². The van der Waals surface area contributed by atoms with Crippen LogP contribution in [0, 0.1) is 13.8 Å². The average Bonchev–Trinajstić information content (AvgIpc) is 2.94. The van der Waals surface area contributed by atoms with Crippen molar-refractivity contribution in [1.82, 2.24) is 10.1 Å². The molecule has 3 rings (SSSR count). The molecule has 1 amide bonds. The standard InChI is InChI=1S/C16H16ClN3O3/c1-9-11(10(2)23-18-9)7-19(3)8-20-13-6-4-5-12(17)14(13)15(21)16(20)22/h4-6H,7-8H2,1-3H3. The summed E-state index contributed by atoms with van der Waals surface area (Å²) in [5.41, 5.74) is 2.64. The summed E-state index contributed by atoms with van der Waals surface area (Å²) in [6, 6.07) is 5.07. The number of Topliss-reactive ketones (excluding diaryl/α,β-unsaturated/α-hetero) is 1. The Morgan fingerprint density at radius 2 is 2.04 bits per heavy atom. The maximum atomic E-state index is 12.2. The van der Waals surface area contributed by atoms with E-state index in [1.807, 2.05) is 25.8 Å². The molecule has 0 saturated carbocycles. The number of aryl methyl sites for hydroxylation is 2. The number of anilines is 1. The number of hydrogen-bond acceptors (Lipinski definition) is 5. The minimum atomic E-state index is -0.559. The third kappa shape index (κ3) is 2.64. The van der Waals surface area contributed by atoms with Crippen molar-refractivity contribution < 1.29 is 14.1 Å². The maximum Gasteiger partial charge on any atom is 0.300 e.